The molecule has 4 rings (SSSR count). The van der Waals surface area contributed by atoms with Gasteiger partial charge in [0.2, 0.25) is 0 Å². The van der Waals surface area contributed by atoms with E-state index in [1.807, 2.05) is 0 Å². The van der Waals surface area contributed by atoms with Crippen LogP contribution in [0.1, 0.15) is 0 Å². The normalized spacial score (nSPS) is 11.7. The number of benzene rings is 3. The molecule has 0 saturated heterocycles. The van der Waals surface area contributed by atoms with Gasteiger partial charge in [0.15, 0.2) is 10.9 Å². The molecule has 0 N–H and O–H groups in total. The Labute approximate surface area is 125 Å². The first-order valence-corrected chi connectivity index (χ1v) is 6.68. The van der Waals surface area contributed by atoms with Gasteiger partial charge in [-0.1, -0.05) is 11.6 Å². The van der Waals surface area contributed by atoms with Crippen LogP contribution >= 0.6 is 11.6 Å². The summed E-state index contributed by atoms with van der Waals surface area (Å²) in [6.45, 7) is 0. The molecule has 106 valence electrons. The van der Waals surface area contributed by atoms with Gasteiger partial charge in [0, 0.05) is 26.6 Å². The lowest BCUT2D eigenvalue weighted by molar-refractivity contribution is 0.500. The van der Waals surface area contributed by atoms with Crippen LogP contribution in [0, 0.1) is 0 Å². The van der Waals surface area contributed by atoms with Gasteiger partial charge in [0.1, 0.15) is 0 Å². The number of hydrogen-bond donors (Lipinski definition) is 0. The van der Waals surface area contributed by atoms with Crippen molar-refractivity contribution >= 4 is 43.9 Å². The summed E-state index contributed by atoms with van der Waals surface area (Å²) >= 11 is 5.87. The molecule has 0 aliphatic rings. The van der Waals surface area contributed by atoms with Gasteiger partial charge in [-0.3, -0.25) is 9.59 Å². The molecule has 1 heterocycles. The van der Waals surface area contributed by atoms with E-state index in [9.17, 15) is 19.2 Å². The Bertz CT molecular complexity index is 1310. The van der Waals surface area contributed by atoms with Crippen LogP contribution in [0.15, 0.2) is 53.9 Å². The maximum atomic E-state index is 12.5. The Hall–Kier alpha value is -2.79. The van der Waals surface area contributed by atoms with E-state index < -0.39 is 22.1 Å². The SMILES string of the molecule is O=c1oc(=O)c2cc3c(=O)c4cc(Cl)ccc4c(=O)c3cc12. The maximum Gasteiger partial charge on any atom is 0.346 e. The summed E-state index contributed by atoms with van der Waals surface area (Å²) < 4.78 is 4.50. The van der Waals surface area contributed by atoms with Crippen molar-refractivity contribution in [1.29, 1.82) is 0 Å². The van der Waals surface area contributed by atoms with Crippen molar-refractivity contribution < 1.29 is 4.42 Å². The molecule has 0 unspecified atom stereocenters. The Kier molecular flexibility index (Phi) is 2.41. The Morgan fingerprint density at radius 1 is 0.636 bits per heavy atom. The van der Waals surface area contributed by atoms with Crippen LogP contribution in [-0.4, -0.2) is 0 Å². The molecule has 0 spiro atoms. The first-order valence-electron chi connectivity index (χ1n) is 6.31. The van der Waals surface area contributed by atoms with Crippen molar-refractivity contribution in [2.75, 3.05) is 0 Å². The third kappa shape index (κ3) is 1.54. The monoisotopic (exact) mass is 312 g/mol. The zero-order chi connectivity index (χ0) is 15.6. The van der Waals surface area contributed by atoms with Crippen LogP contribution in [-0.2, 0) is 0 Å². The highest BCUT2D eigenvalue weighted by Gasteiger charge is 2.16. The molecule has 0 bridgehead atoms. The van der Waals surface area contributed by atoms with Crippen molar-refractivity contribution in [3.05, 3.63) is 76.6 Å². The van der Waals surface area contributed by atoms with E-state index >= 15 is 0 Å². The Morgan fingerprint density at radius 2 is 1.14 bits per heavy atom. The lowest BCUT2D eigenvalue weighted by atomic mass is 10.0. The third-order valence-corrected chi connectivity index (χ3v) is 3.98. The van der Waals surface area contributed by atoms with Gasteiger partial charge in [0.25, 0.3) is 0 Å². The average molecular weight is 313 g/mol. The number of fused-ring (bicyclic) bond motifs is 3. The number of hydrogen-bond acceptors (Lipinski definition) is 5. The minimum Gasteiger partial charge on any atom is -0.386 e. The molecule has 0 fully saturated rings. The Balaban J connectivity index is 2.41. The molecule has 0 saturated carbocycles. The van der Waals surface area contributed by atoms with E-state index in [0.717, 1.165) is 0 Å². The largest absolute Gasteiger partial charge is 0.386 e. The highest BCUT2D eigenvalue weighted by molar-refractivity contribution is 6.31. The summed E-state index contributed by atoms with van der Waals surface area (Å²) in [5.74, 6) is 0. The predicted octanol–water partition coefficient (Wildman–Crippen LogP) is 1.71. The number of rotatable bonds is 0. The van der Waals surface area contributed by atoms with Crippen LogP contribution in [0.25, 0.3) is 32.3 Å². The lowest BCUT2D eigenvalue weighted by Gasteiger charge is -2.01. The fourth-order valence-corrected chi connectivity index (χ4v) is 2.87. The fourth-order valence-electron chi connectivity index (χ4n) is 2.70. The van der Waals surface area contributed by atoms with Crippen molar-refractivity contribution in [2.45, 2.75) is 0 Å². The molecule has 1 aromatic heterocycles. The molecule has 5 nitrogen and oxygen atoms in total. The van der Waals surface area contributed by atoms with Gasteiger partial charge < -0.3 is 4.42 Å². The van der Waals surface area contributed by atoms with Crippen molar-refractivity contribution in [1.82, 2.24) is 0 Å². The Morgan fingerprint density at radius 3 is 1.73 bits per heavy atom. The molecule has 22 heavy (non-hydrogen) atoms. The van der Waals surface area contributed by atoms with Crippen molar-refractivity contribution in [3.8, 4) is 0 Å². The summed E-state index contributed by atoms with van der Waals surface area (Å²) in [5, 5.41) is 0.898. The molecule has 0 aliphatic heterocycles. The van der Waals surface area contributed by atoms with Crippen molar-refractivity contribution in [2.24, 2.45) is 0 Å². The second-order valence-corrected chi connectivity index (χ2v) is 5.40. The van der Waals surface area contributed by atoms with Crippen LogP contribution in [0.3, 0.4) is 0 Å². The average Bonchev–Trinajstić information content (AvgIpc) is 2.78. The van der Waals surface area contributed by atoms with Crippen molar-refractivity contribution in [3.63, 3.8) is 0 Å². The summed E-state index contributed by atoms with van der Waals surface area (Å²) in [6, 6.07) is 6.88. The van der Waals surface area contributed by atoms with Crippen LogP contribution in [0.5, 0.6) is 0 Å². The molecule has 6 heteroatoms. The third-order valence-electron chi connectivity index (χ3n) is 3.74. The van der Waals surface area contributed by atoms with Crippen LogP contribution in [0.4, 0.5) is 0 Å². The summed E-state index contributed by atoms with van der Waals surface area (Å²) in [6.07, 6.45) is 0. The van der Waals surface area contributed by atoms with Gasteiger partial charge in [-0.2, -0.15) is 0 Å². The number of halogens is 1. The molecule has 0 amide bonds. The minimum atomic E-state index is -0.819. The van der Waals surface area contributed by atoms with E-state index in [-0.39, 0.29) is 32.3 Å². The summed E-state index contributed by atoms with van der Waals surface area (Å²) in [5.41, 5.74) is -2.44. The predicted molar refractivity (Wildman–Crippen MR) is 83.7 cm³/mol. The van der Waals surface area contributed by atoms with E-state index in [1.54, 1.807) is 0 Å². The molecule has 4 aromatic rings. The zero-order valence-corrected chi connectivity index (χ0v) is 11.6. The first kappa shape index (κ1) is 12.9. The molecular formula is C16H5ClO5. The van der Waals surface area contributed by atoms with Gasteiger partial charge in [0.05, 0.1) is 10.8 Å². The second-order valence-electron chi connectivity index (χ2n) is 4.97. The standard InChI is InChI=1S/C16H5ClO5/c17-6-1-2-7-8(3-6)14(19)10-5-12-11(4-9(10)13(7)18)15(20)22-16(12)21/h1-5H. The molecule has 3 aromatic carbocycles. The maximum absolute atomic E-state index is 12.5. The van der Waals surface area contributed by atoms with Gasteiger partial charge in [-0.25, -0.2) is 9.59 Å². The van der Waals surface area contributed by atoms with E-state index in [1.165, 1.54) is 30.3 Å². The molecule has 0 radical (unpaired) electrons. The zero-order valence-electron chi connectivity index (χ0n) is 10.8. The van der Waals surface area contributed by atoms with Gasteiger partial charge in [-0.05, 0) is 30.3 Å². The smallest absolute Gasteiger partial charge is 0.346 e. The lowest BCUT2D eigenvalue weighted by Crippen LogP contribution is -2.13. The van der Waals surface area contributed by atoms with E-state index in [0.29, 0.717) is 5.02 Å². The van der Waals surface area contributed by atoms with E-state index in [2.05, 4.69) is 4.42 Å². The highest BCUT2D eigenvalue weighted by Crippen LogP contribution is 2.20. The first-order chi connectivity index (χ1) is 10.5. The molecule has 0 atom stereocenters. The van der Waals surface area contributed by atoms with Gasteiger partial charge >= 0.3 is 11.3 Å². The highest BCUT2D eigenvalue weighted by atomic mass is 35.5. The second kappa shape index (κ2) is 4.11. The van der Waals surface area contributed by atoms with E-state index in [4.69, 9.17) is 11.6 Å². The van der Waals surface area contributed by atoms with Crippen LogP contribution < -0.4 is 22.1 Å². The quantitative estimate of drug-likeness (QED) is 0.462. The minimum absolute atomic E-state index is 0.00214. The molecular weight excluding hydrogens is 308 g/mol. The number of furan rings is 1. The summed E-state index contributed by atoms with van der Waals surface area (Å²) in [7, 11) is 0. The summed E-state index contributed by atoms with van der Waals surface area (Å²) in [4.78, 5) is 48.2. The van der Waals surface area contributed by atoms with Gasteiger partial charge in [-0.15, -0.1) is 0 Å². The van der Waals surface area contributed by atoms with Crippen LogP contribution in [0.2, 0.25) is 5.02 Å². The fraction of sp³-hybridized carbons (Fsp3) is 0. The topological polar surface area (TPSA) is 81.4 Å². The molecule has 0 aliphatic carbocycles.